The molecule has 8 nitrogen and oxygen atoms in total. The molecule has 3 heterocycles. The highest BCUT2D eigenvalue weighted by atomic mass is 32.2. The summed E-state index contributed by atoms with van der Waals surface area (Å²) >= 11 is 1.42. The summed E-state index contributed by atoms with van der Waals surface area (Å²) in [4.78, 5) is 4.49. The van der Waals surface area contributed by atoms with E-state index in [1.165, 1.54) is 22.3 Å². The molecule has 29 heavy (non-hydrogen) atoms. The van der Waals surface area contributed by atoms with Gasteiger partial charge in [-0.1, -0.05) is 30.0 Å². The van der Waals surface area contributed by atoms with Crippen LogP contribution < -0.4 is 0 Å². The first-order chi connectivity index (χ1) is 14.0. The second kappa shape index (κ2) is 8.62. The fourth-order valence-corrected chi connectivity index (χ4v) is 5.03. The van der Waals surface area contributed by atoms with E-state index in [1.807, 2.05) is 37.3 Å². The van der Waals surface area contributed by atoms with Crippen molar-refractivity contribution in [2.24, 2.45) is 0 Å². The van der Waals surface area contributed by atoms with Crippen molar-refractivity contribution in [1.82, 2.24) is 19.5 Å². The van der Waals surface area contributed by atoms with Crippen LogP contribution in [0.2, 0.25) is 0 Å². The van der Waals surface area contributed by atoms with Crippen LogP contribution in [0.4, 0.5) is 0 Å². The molecule has 0 saturated carbocycles. The zero-order valence-electron chi connectivity index (χ0n) is 15.8. The molecule has 0 aliphatic carbocycles. The lowest BCUT2D eigenvalue weighted by atomic mass is 10.2. The zero-order valence-corrected chi connectivity index (χ0v) is 17.4. The lowest BCUT2D eigenvalue weighted by Crippen LogP contribution is -2.40. The molecule has 0 bridgehead atoms. The van der Waals surface area contributed by atoms with Gasteiger partial charge >= 0.3 is 0 Å². The third-order valence-electron chi connectivity index (χ3n) is 4.42. The highest BCUT2D eigenvalue weighted by molar-refractivity contribution is 7.99. The lowest BCUT2D eigenvalue weighted by molar-refractivity contribution is 0.0730. The van der Waals surface area contributed by atoms with Crippen LogP contribution in [0.15, 0.2) is 63.0 Å². The second-order valence-corrected chi connectivity index (χ2v) is 9.72. The Balaban J connectivity index is 1.44. The number of sulfonamides is 1. The van der Waals surface area contributed by atoms with E-state index in [4.69, 9.17) is 9.15 Å². The maximum atomic E-state index is 12.7. The maximum absolute atomic E-state index is 12.7. The first-order valence-electron chi connectivity index (χ1n) is 9.13. The summed E-state index contributed by atoms with van der Waals surface area (Å²) in [5, 5.41) is 8.78. The number of aromatic nitrogens is 3. The van der Waals surface area contributed by atoms with E-state index in [1.54, 1.807) is 12.1 Å². The number of ether oxygens (including phenoxy) is 1. The van der Waals surface area contributed by atoms with Gasteiger partial charge in [0.15, 0.2) is 0 Å². The minimum atomic E-state index is -3.55. The summed E-state index contributed by atoms with van der Waals surface area (Å²) in [6, 6.07) is 12.8. The second-order valence-electron chi connectivity index (χ2n) is 6.42. The Labute approximate surface area is 173 Å². The quantitative estimate of drug-likeness (QED) is 0.548. The minimum Gasteiger partial charge on any atom is -0.419 e. The highest BCUT2D eigenvalue weighted by Gasteiger charge is 2.26. The fourth-order valence-electron chi connectivity index (χ4n) is 2.85. The van der Waals surface area contributed by atoms with Gasteiger partial charge < -0.3 is 9.15 Å². The van der Waals surface area contributed by atoms with Gasteiger partial charge in [0.2, 0.25) is 21.8 Å². The predicted octanol–water partition coefficient (Wildman–Crippen LogP) is 3.01. The summed E-state index contributed by atoms with van der Waals surface area (Å²) in [6.07, 6.45) is 1.39. The van der Waals surface area contributed by atoms with Crippen molar-refractivity contribution in [2.45, 2.75) is 22.1 Å². The summed E-state index contributed by atoms with van der Waals surface area (Å²) in [5.74, 6) is 0.952. The van der Waals surface area contributed by atoms with Gasteiger partial charge in [0.05, 0.1) is 23.5 Å². The molecule has 0 spiro atoms. The standard InChI is InChI=1S/C19H20N4O4S2/c1-14(18-21-22-19(27-18)15-5-3-2-4-6-15)28-17-8-7-16(13-20-17)29(24,25)23-9-11-26-12-10-23/h2-8,13-14H,9-12H2,1H3. The van der Waals surface area contributed by atoms with Crippen LogP contribution in [0.5, 0.6) is 0 Å². The number of nitrogens with zero attached hydrogens (tertiary/aromatic N) is 4. The van der Waals surface area contributed by atoms with Crippen molar-refractivity contribution >= 4 is 21.8 Å². The largest absolute Gasteiger partial charge is 0.419 e. The zero-order chi connectivity index (χ0) is 20.3. The topological polar surface area (TPSA) is 98.4 Å². The van der Waals surface area contributed by atoms with E-state index in [-0.39, 0.29) is 10.1 Å². The van der Waals surface area contributed by atoms with Crippen LogP contribution in [-0.2, 0) is 14.8 Å². The molecule has 152 valence electrons. The molecule has 1 saturated heterocycles. The van der Waals surface area contributed by atoms with Crippen LogP contribution in [0.3, 0.4) is 0 Å². The van der Waals surface area contributed by atoms with Crippen molar-refractivity contribution < 1.29 is 17.6 Å². The van der Waals surface area contributed by atoms with E-state index >= 15 is 0 Å². The molecular formula is C19H20N4O4S2. The number of hydrogen-bond donors (Lipinski definition) is 0. The molecule has 3 aromatic rings. The lowest BCUT2D eigenvalue weighted by Gasteiger charge is -2.25. The normalized spacial score (nSPS) is 16.6. The summed E-state index contributed by atoms with van der Waals surface area (Å²) in [5.41, 5.74) is 0.860. The van der Waals surface area contributed by atoms with Gasteiger partial charge in [0, 0.05) is 24.8 Å². The molecule has 1 fully saturated rings. The van der Waals surface area contributed by atoms with Crippen LogP contribution >= 0.6 is 11.8 Å². The number of benzene rings is 1. The molecule has 4 rings (SSSR count). The summed E-state index contributed by atoms with van der Waals surface area (Å²) in [7, 11) is -3.55. The molecule has 0 amide bonds. The minimum absolute atomic E-state index is 0.130. The van der Waals surface area contributed by atoms with Crippen molar-refractivity contribution in [3.63, 3.8) is 0 Å². The highest BCUT2D eigenvalue weighted by Crippen LogP contribution is 2.34. The fraction of sp³-hybridized carbons (Fsp3) is 0.316. The van der Waals surface area contributed by atoms with Crippen LogP contribution in [0, 0.1) is 0 Å². The van der Waals surface area contributed by atoms with Gasteiger partial charge in [-0.3, -0.25) is 0 Å². The SMILES string of the molecule is CC(Sc1ccc(S(=O)(=O)N2CCOCC2)cn1)c1nnc(-c2ccccc2)o1. The van der Waals surface area contributed by atoms with E-state index in [9.17, 15) is 8.42 Å². The number of thioether (sulfide) groups is 1. The molecule has 1 aliphatic heterocycles. The van der Waals surface area contributed by atoms with E-state index < -0.39 is 10.0 Å². The Bertz CT molecular complexity index is 1050. The Morgan fingerprint density at radius 3 is 2.52 bits per heavy atom. The predicted molar refractivity (Wildman–Crippen MR) is 108 cm³/mol. The number of morpholine rings is 1. The number of pyridine rings is 1. The maximum Gasteiger partial charge on any atom is 0.247 e. The van der Waals surface area contributed by atoms with Crippen molar-refractivity contribution in [1.29, 1.82) is 0 Å². The van der Waals surface area contributed by atoms with Gasteiger partial charge in [0.25, 0.3) is 0 Å². The Morgan fingerprint density at radius 2 is 1.83 bits per heavy atom. The van der Waals surface area contributed by atoms with Crippen molar-refractivity contribution in [3.8, 4) is 11.5 Å². The van der Waals surface area contributed by atoms with Crippen molar-refractivity contribution in [2.75, 3.05) is 26.3 Å². The monoisotopic (exact) mass is 432 g/mol. The third kappa shape index (κ3) is 4.50. The Hall–Kier alpha value is -2.27. The molecule has 2 aromatic heterocycles. The van der Waals surface area contributed by atoms with Gasteiger partial charge in [0.1, 0.15) is 4.90 Å². The average molecular weight is 433 g/mol. The van der Waals surface area contributed by atoms with Gasteiger partial charge in [-0.05, 0) is 31.2 Å². The molecule has 1 atom stereocenters. The van der Waals surface area contributed by atoms with Crippen LogP contribution in [-0.4, -0.2) is 54.2 Å². The Morgan fingerprint density at radius 1 is 1.07 bits per heavy atom. The molecule has 1 aromatic carbocycles. The number of hydrogen-bond acceptors (Lipinski definition) is 8. The first-order valence-corrected chi connectivity index (χ1v) is 11.5. The molecule has 0 N–H and O–H groups in total. The summed E-state index contributed by atoms with van der Waals surface area (Å²) < 4.78 is 37.8. The average Bonchev–Trinajstić information content (AvgIpc) is 3.26. The summed E-state index contributed by atoms with van der Waals surface area (Å²) in [6.45, 7) is 3.47. The van der Waals surface area contributed by atoms with Gasteiger partial charge in [-0.25, -0.2) is 13.4 Å². The van der Waals surface area contributed by atoms with Crippen LogP contribution in [0.25, 0.3) is 11.5 Å². The molecule has 0 radical (unpaired) electrons. The molecule has 10 heteroatoms. The van der Waals surface area contributed by atoms with Crippen molar-refractivity contribution in [3.05, 3.63) is 54.6 Å². The molecule has 1 unspecified atom stereocenters. The van der Waals surface area contributed by atoms with E-state index in [2.05, 4.69) is 15.2 Å². The van der Waals surface area contributed by atoms with Gasteiger partial charge in [-0.15, -0.1) is 10.2 Å². The van der Waals surface area contributed by atoms with E-state index in [0.29, 0.717) is 43.1 Å². The van der Waals surface area contributed by atoms with E-state index in [0.717, 1.165) is 5.56 Å². The third-order valence-corrected chi connectivity index (χ3v) is 7.34. The Kier molecular flexibility index (Phi) is 5.95. The van der Waals surface area contributed by atoms with Gasteiger partial charge in [-0.2, -0.15) is 4.31 Å². The molecular weight excluding hydrogens is 412 g/mol. The first kappa shape index (κ1) is 20.0. The van der Waals surface area contributed by atoms with Crippen LogP contribution in [0.1, 0.15) is 18.1 Å². The smallest absolute Gasteiger partial charge is 0.247 e. The number of rotatable bonds is 6. The molecule has 1 aliphatic rings.